The van der Waals surface area contributed by atoms with E-state index in [1.54, 1.807) is 12.1 Å². The zero-order valence-corrected chi connectivity index (χ0v) is 14.1. The highest BCUT2D eigenvalue weighted by molar-refractivity contribution is 7.89. The van der Waals surface area contributed by atoms with Crippen LogP contribution in [0.3, 0.4) is 0 Å². The molecule has 0 unspecified atom stereocenters. The summed E-state index contributed by atoms with van der Waals surface area (Å²) >= 11 is 0. The molecule has 2 aromatic rings. The molecule has 1 fully saturated rings. The topological polar surface area (TPSA) is 88.9 Å². The normalized spacial score (nSPS) is 14.9. The number of rotatable bonds is 7. The first-order valence-corrected chi connectivity index (χ1v) is 9.11. The molecule has 0 atom stereocenters. The highest BCUT2D eigenvalue weighted by atomic mass is 32.2. The van der Waals surface area contributed by atoms with Crippen molar-refractivity contribution in [3.05, 3.63) is 35.8 Å². The molecule has 1 aliphatic carbocycles. The third-order valence-corrected chi connectivity index (χ3v) is 5.51. The first-order valence-electron chi connectivity index (χ1n) is 7.63. The molecule has 2 N–H and O–H groups in total. The summed E-state index contributed by atoms with van der Waals surface area (Å²) in [5.74, 6) is 1.13. The van der Waals surface area contributed by atoms with Gasteiger partial charge in [-0.2, -0.15) is 5.10 Å². The van der Waals surface area contributed by atoms with Gasteiger partial charge in [0.15, 0.2) is 0 Å². The molecule has 0 saturated heterocycles. The van der Waals surface area contributed by atoms with Gasteiger partial charge >= 0.3 is 0 Å². The molecule has 2 aromatic heterocycles. The summed E-state index contributed by atoms with van der Waals surface area (Å²) in [4.78, 5) is 4.38. The molecular weight excluding hydrogens is 314 g/mol. The van der Waals surface area contributed by atoms with Crippen molar-refractivity contribution in [2.75, 3.05) is 11.9 Å². The predicted octanol–water partition coefficient (Wildman–Crippen LogP) is 1.42. The number of anilines is 1. The Bertz CT molecular complexity index is 779. The van der Waals surface area contributed by atoms with E-state index in [1.165, 1.54) is 6.20 Å². The summed E-state index contributed by atoms with van der Waals surface area (Å²) < 4.78 is 28.7. The Morgan fingerprint density at radius 2 is 2.09 bits per heavy atom. The van der Waals surface area contributed by atoms with Crippen LogP contribution in [0.5, 0.6) is 0 Å². The first kappa shape index (κ1) is 15.9. The van der Waals surface area contributed by atoms with Gasteiger partial charge in [0.1, 0.15) is 10.7 Å². The number of sulfonamides is 1. The Morgan fingerprint density at radius 1 is 1.30 bits per heavy atom. The molecule has 1 aliphatic rings. The fourth-order valence-electron chi connectivity index (χ4n) is 2.18. The lowest BCUT2D eigenvalue weighted by Crippen LogP contribution is -2.25. The van der Waals surface area contributed by atoms with Crippen LogP contribution in [0.4, 0.5) is 5.82 Å². The van der Waals surface area contributed by atoms with E-state index in [0.29, 0.717) is 24.8 Å². The fraction of sp³-hybridized carbons (Fsp3) is 0.467. The van der Waals surface area contributed by atoms with Crippen molar-refractivity contribution >= 4 is 15.8 Å². The SMILES string of the molecule is Cc1c(CNc2ccc(S(=O)(=O)NCC3CC3)cn2)cnn1C. The molecule has 1 saturated carbocycles. The van der Waals surface area contributed by atoms with Gasteiger partial charge in [0, 0.05) is 37.6 Å². The maximum atomic E-state index is 12.1. The third-order valence-electron chi connectivity index (χ3n) is 4.10. The standard InChI is InChI=1S/C15H21N5O2S/c1-11-13(9-18-20(11)2)8-16-15-6-5-14(10-17-15)23(21,22)19-7-12-3-4-12/h5-6,9-10,12,19H,3-4,7-8H2,1-2H3,(H,16,17). The summed E-state index contributed by atoms with van der Waals surface area (Å²) in [6, 6.07) is 3.25. The van der Waals surface area contributed by atoms with Crippen molar-refractivity contribution in [2.24, 2.45) is 13.0 Å². The molecule has 0 radical (unpaired) electrons. The van der Waals surface area contributed by atoms with Crippen molar-refractivity contribution in [1.82, 2.24) is 19.5 Å². The summed E-state index contributed by atoms with van der Waals surface area (Å²) in [5, 5.41) is 7.36. The Labute approximate surface area is 136 Å². The molecule has 23 heavy (non-hydrogen) atoms. The van der Waals surface area contributed by atoms with Crippen molar-refractivity contribution in [3.8, 4) is 0 Å². The van der Waals surface area contributed by atoms with Gasteiger partial charge in [-0.3, -0.25) is 4.68 Å². The number of nitrogens with one attached hydrogen (secondary N) is 2. The Hall–Kier alpha value is -1.93. The predicted molar refractivity (Wildman–Crippen MR) is 87.4 cm³/mol. The average Bonchev–Trinajstić information content (AvgIpc) is 3.32. The van der Waals surface area contributed by atoms with Crippen LogP contribution < -0.4 is 10.0 Å². The Kier molecular flexibility index (Phi) is 4.36. The minimum Gasteiger partial charge on any atom is -0.366 e. The van der Waals surface area contributed by atoms with Crippen LogP contribution in [0.15, 0.2) is 29.4 Å². The van der Waals surface area contributed by atoms with Gasteiger partial charge in [-0.15, -0.1) is 0 Å². The first-order chi connectivity index (χ1) is 11.0. The van der Waals surface area contributed by atoms with Gasteiger partial charge in [0.25, 0.3) is 0 Å². The average molecular weight is 335 g/mol. The minimum absolute atomic E-state index is 0.196. The molecule has 8 heteroatoms. The summed E-state index contributed by atoms with van der Waals surface area (Å²) in [6.07, 6.45) is 5.41. The Balaban J connectivity index is 1.61. The highest BCUT2D eigenvalue weighted by Crippen LogP contribution is 2.28. The van der Waals surface area contributed by atoms with E-state index >= 15 is 0 Å². The number of aryl methyl sites for hydroxylation is 1. The van der Waals surface area contributed by atoms with Gasteiger partial charge in [0.2, 0.25) is 10.0 Å². The molecule has 7 nitrogen and oxygen atoms in total. The van der Waals surface area contributed by atoms with E-state index < -0.39 is 10.0 Å². The summed E-state index contributed by atoms with van der Waals surface area (Å²) in [6.45, 7) is 3.11. The molecular formula is C15H21N5O2S. The molecule has 0 amide bonds. The van der Waals surface area contributed by atoms with Crippen LogP contribution >= 0.6 is 0 Å². The summed E-state index contributed by atoms with van der Waals surface area (Å²) in [5.41, 5.74) is 2.16. The van der Waals surface area contributed by atoms with E-state index in [1.807, 2.05) is 24.9 Å². The van der Waals surface area contributed by atoms with Crippen molar-refractivity contribution in [3.63, 3.8) is 0 Å². The van der Waals surface area contributed by atoms with Gasteiger partial charge in [-0.05, 0) is 37.8 Å². The lowest BCUT2D eigenvalue weighted by atomic mass is 10.2. The van der Waals surface area contributed by atoms with Crippen LogP contribution in [-0.2, 0) is 23.6 Å². The van der Waals surface area contributed by atoms with Crippen LogP contribution in [0.2, 0.25) is 0 Å². The molecule has 0 aliphatic heterocycles. The Morgan fingerprint density at radius 3 is 2.65 bits per heavy atom. The number of nitrogens with zero attached hydrogens (tertiary/aromatic N) is 3. The second-order valence-electron chi connectivity index (χ2n) is 5.91. The lowest BCUT2D eigenvalue weighted by Gasteiger charge is -2.08. The number of aromatic nitrogens is 3. The van der Waals surface area contributed by atoms with Gasteiger partial charge < -0.3 is 5.32 Å². The van der Waals surface area contributed by atoms with E-state index in [2.05, 4.69) is 20.1 Å². The van der Waals surface area contributed by atoms with Crippen molar-refractivity contribution < 1.29 is 8.42 Å². The van der Waals surface area contributed by atoms with Crippen molar-refractivity contribution in [2.45, 2.75) is 31.2 Å². The molecule has 0 bridgehead atoms. The van der Waals surface area contributed by atoms with Gasteiger partial charge in [-0.25, -0.2) is 18.1 Å². The van der Waals surface area contributed by atoms with Gasteiger partial charge in [0.05, 0.1) is 6.20 Å². The second-order valence-corrected chi connectivity index (χ2v) is 7.67. The van der Waals surface area contributed by atoms with Crippen LogP contribution in [0.1, 0.15) is 24.1 Å². The molecule has 124 valence electrons. The molecule has 0 aromatic carbocycles. The molecule has 2 heterocycles. The fourth-order valence-corrected chi connectivity index (χ4v) is 3.24. The molecule has 3 rings (SSSR count). The number of pyridine rings is 1. The third kappa shape index (κ3) is 3.89. The minimum atomic E-state index is -3.46. The maximum absolute atomic E-state index is 12.1. The molecule has 0 spiro atoms. The van der Waals surface area contributed by atoms with Crippen LogP contribution in [-0.4, -0.2) is 29.7 Å². The van der Waals surface area contributed by atoms with E-state index in [0.717, 1.165) is 24.1 Å². The quantitative estimate of drug-likeness (QED) is 0.799. The van der Waals surface area contributed by atoms with E-state index in [4.69, 9.17) is 0 Å². The van der Waals surface area contributed by atoms with E-state index in [-0.39, 0.29) is 4.90 Å². The maximum Gasteiger partial charge on any atom is 0.242 e. The number of hydrogen-bond donors (Lipinski definition) is 2. The monoisotopic (exact) mass is 335 g/mol. The second kappa shape index (κ2) is 6.29. The largest absolute Gasteiger partial charge is 0.366 e. The van der Waals surface area contributed by atoms with Crippen LogP contribution in [0, 0.1) is 12.8 Å². The number of hydrogen-bond acceptors (Lipinski definition) is 5. The summed E-state index contributed by atoms with van der Waals surface area (Å²) in [7, 11) is -1.56. The van der Waals surface area contributed by atoms with Crippen LogP contribution in [0.25, 0.3) is 0 Å². The van der Waals surface area contributed by atoms with Gasteiger partial charge in [-0.1, -0.05) is 0 Å². The zero-order chi connectivity index (χ0) is 16.4. The highest BCUT2D eigenvalue weighted by Gasteiger charge is 2.24. The van der Waals surface area contributed by atoms with Crippen molar-refractivity contribution in [1.29, 1.82) is 0 Å². The lowest BCUT2D eigenvalue weighted by molar-refractivity contribution is 0.577. The smallest absolute Gasteiger partial charge is 0.242 e. The van der Waals surface area contributed by atoms with E-state index in [9.17, 15) is 8.42 Å². The zero-order valence-electron chi connectivity index (χ0n) is 13.3.